The molecule has 0 aliphatic rings. The molecule has 0 spiro atoms. The molecule has 188 valence electrons. The molecule has 0 fully saturated rings. The zero-order chi connectivity index (χ0) is 26.1. The number of ether oxygens (including phenoxy) is 3. The highest BCUT2D eigenvalue weighted by Crippen LogP contribution is 2.25. The summed E-state index contributed by atoms with van der Waals surface area (Å²) in [5.74, 6) is 0.239. The lowest BCUT2D eigenvalue weighted by atomic mass is 10.1. The number of hydrogen-bond acceptors (Lipinski definition) is 6. The van der Waals surface area contributed by atoms with Crippen molar-refractivity contribution in [3.8, 4) is 11.5 Å². The molecule has 0 aliphatic carbocycles. The second kappa shape index (κ2) is 12.6. The van der Waals surface area contributed by atoms with Gasteiger partial charge in [-0.25, -0.2) is 4.79 Å². The fourth-order valence-corrected chi connectivity index (χ4v) is 3.38. The second-order valence-electron chi connectivity index (χ2n) is 7.90. The Morgan fingerprint density at radius 1 is 0.917 bits per heavy atom. The van der Waals surface area contributed by atoms with Crippen molar-refractivity contribution in [1.29, 1.82) is 0 Å². The Labute approximate surface area is 214 Å². The lowest BCUT2D eigenvalue weighted by Crippen LogP contribution is -2.28. The molecule has 2 amide bonds. The number of anilines is 1. The Morgan fingerprint density at radius 3 is 2.28 bits per heavy atom. The number of nitrogens with one attached hydrogen (secondary N) is 2. The van der Waals surface area contributed by atoms with Gasteiger partial charge < -0.3 is 24.8 Å². The Balaban J connectivity index is 1.50. The zero-order valence-corrected chi connectivity index (χ0v) is 21.0. The Hall–Kier alpha value is -4.04. The summed E-state index contributed by atoms with van der Waals surface area (Å²) in [6.45, 7) is 5.78. The monoisotopic (exact) mass is 510 g/mol. The summed E-state index contributed by atoms with van der Waals surface area (Å²) >= 11 is 6.16. The van der Waals surface area contributed by atoms with E-state index in [2.05, 4.69) is 10.6 Å². The van der Waals surface area contributed by atoms with Gasteiger partial charge in [-0.1, -0.05) is 23.7 Å². The fraction of sp³-hybridized carbons (Fsp3) is 0.222. The van der Waals surface area contributed by atoms with Gasteiger partial charge in [0.25, 0.3) is 11.8 Å². The quantitative estimate of drug-likeness (QED) is 0.293. The number of carbonyl (C=O) groups excluding carboxylic acids is 3. The zero-order valence-electron chi connectivity index (χ0n) is 20.2. The molecular weight excluding hydrogens is 484 g/mol. The van der Waals surface area contributed by atoms with Crippen LogP contribution in [0, 0.1) is 13.8 Å². The lowest BCUT2D eigenvalue weighted by molar-refractivity contribution is -0.123. The average molecular weight is 511 g/mol. The molecule has 0 heterocycles. The molecule has 0 radical (unpaired) electrons. The van der Waals surface area contributed by atoms with Crippen LogP contribution in [0.2, 0.25) is 5.02 Å². The summed E-state index contributed by atoms with van der Waals surface area (Å²) in [6, 6.07) is 16.8. The first kappa shape index (κ1) is 26.6. The largest absolute Gasteiger partial charge is 0.513 e. The van der Waals surface area contributed by atoms with Crippen molar-refractivity contribution >= 4 is 35.3 Å². The molecule has 0 saturated heterocycles. The number of carbonyl (C=O) groups is 3. The summed E-state index contributed by atoms with van der Waals surface area (Å²) < 4.78 is 15.3. The number of amides is 2. The van der Waals surface area contributed by atoms with Gasteiger partial charge in [-0.2, -0.15) is 0 Å². The summed E-state index contributed by atoms with van der Waals surface area (Å²) in [7, 11) is 0. The van der Waals surface area contributed by atoms with Crippen LogP contribution in [0.1, 0.15) is 34.0 Å². The minimum absolute atomic E-state index is 0.132. The van der Waals surface area contributed by atoms with Gasteiger partial charge in [0.15, 0.2) is 6.61 Å². The maximum Gasteiger partial charge on any atom is 0.513 e. The first-order valence-corrected chi connectivity index (χ1v) is 11.6. The molecule has 0 saturated carbocycles. The van der Waals surface area contributed by atoms with Crippen molar-refractivity contribution in [2.24, 2.45) is 0 Å². The van der Waals surface area contributed by atoms with E-state index in [-0.39, 0.29) is 37.3 Å². The minimum atomic E-state index is -0.805. The predicted octanol–water partition coefficient (Wildman–Crippen LogP) is 5.44. The van der Waals surface area contributed by atoms with E-state index in [0.29, 0.717) is 22.0 Å². The molecular formula is C27H27ClN2O6. The molecule has 8 nitrogen and oxygen atoms in total. The van der Waals surface area contributed by atoms with Crippen LogP contribution in [0.3, 0.4) is 0 Å². The first-order chi connectivity index (χ1) is 17.2. The second-order valence-corrected chi connectivity index (χ2v) is 8.28. The van der Waals surface area contributed by atoms with Gasteiger partial charge in [0.1, 0.15) is 11.5 Å². The van der Waals surface area contributed by atoms with E-state index in [1.165, 1.54) is 24.3 Å². The average Bonchev–Trinajstić information content (AvgIpc) is 2.85. The highest BCUT2D eigenvalue weighted by atomic mass is 35.5. The van der Waals surface area contributed by atoms with Crippen LogP contribution in [0.25, 0.3) is 0 Å². The van der Waals surface area contributed by atoms with Crippen LogP contribution < -0.4 is 20.1 Å². The van der Waals surface area contributed by atoms with Crippen molar-refractivity contribution in [2.45, 2.75) is 27.3 Å². The molecule has 3 aromatic rings. The van der Waals surface area contributed by atoms with Crippen LogP contribution in [0.5, 0.6) is 11.5 Å². The fourth-order valence-electron chi connectivity index (χ4n) is 3.27. The van der Waals surface area contributed by atoms with Gasteiger partial charge in [0, 0.05) is 22.8 Å². The third-order valence-corrected chi connectivity index (χ3v) is 5.63. The predicted molar refractivity (Wildman–Crippen MR) is 137 cm³/mol. The Bertz CT molecular complexity index is 1220. The van der Waals surface area contributed by atoms with Crippen molar-refractivity contribution in [3.05, 3.63) is 87.9 Å². The van der Waals surface area contributed by atoms with E-state index >= 15 is 0 Å². The Morgan fingerprint density at radius 2 is 1.61 bits per heavy atom. The Kier molecular flexibility index (Phi) is 9.30. The minimum Gasteiger partial charge on any atom is -0.484 e. The van der Waals surface area contributed by atoms with Crippen LogP contribution in [-0.4, -0.2) is 31.2 Å². The lowest BCUT2D eigenvalue weighted by Gasteiger charge is -2.11. The molecule has 0 unspecified atom stereocenters. The molecule has 2 N–H and O–H groups in total. The van der Waals surface area contributed by atoms with E-state index < -0.39 is 6.16 Å². The normalized spacial score (nSPS) is 10.3. The number of halogens is 1. The maximum absolute atomic E-state index is 12.6. The SMILES string of the molecule is CCOC(=O)Oc1ccc(C(=O)Nc2cccc(CNC(=O)COc3cc(C)c(Cl)c(C)c3)c2)cc1. The first-order valence-electron chi connectivity index (χ1n) is 11.3. The van der Waals surface area contributed by atoms with Gasteiger partial charge in [-0.05, 0) is 86.0 Å². The van der Waals surface area contributed by atoms with Gasteiger partial charge in [0.05, 0.1) is 6.61 Å². The molecule has 0 bridgehead atoms. The van der Waals surface area contributed by atoms with E-state index in [9.17, 15) is 14.4 Å². The number of aryl methyl sites for hydroxylation is 2. The highest BCUT2D eigenvalue weighted by molar-refractivity contribution is 6.32. The van der Waals surface area contributed by atoms with Gasteiger partial charge in [-0.3, -0.25) is 9.59 Å². The van der Waals surface area contributed by atoms with Gasteiger partial charge in [0.2, 0.25) is 0 Å². The number of rotatable bonds is 9. The van der Waals surface area contributed by atoms with Crippen LogP contribution in [-0.2, 0) is 16.1 Å². The van der Waals surface area contributed by atoms with E-state index in [0.717, 1.165) is 16.7 Å². The molecule has 0 aromatic heterocycles. The van der Waals surface area contributed by atoms with Crippen molar-refractivity contribution in [2.75, 3.05) is 18.5 Å². The summed E-state index contributed by atoms with van der Waals surface area (Å²) in [6.07, 6.45) is -0.805. The number of hydrogen-bond donors (Lipinski definition) is 2. The van der Waals surface area contributed by atoms with E-state index in [1.54, 1.807) is 37.3 Å². The van der Waals surface area contributed by atoms with Crippen LogP contribution in [0.4, 0.5) is 10.5 Å². The van der Waals surface area contributed by atoms with Crippen molar-refractivity contribution in [3.63, 3.8) is 0 Å². The summed E-state index contributed by atoms with van der Waals surface area (Å²) in [5.41, 5.74) is 3.52. The van der Waals surface area contributed by atoms with E-state index in [4.69, 9.17) is 25.8 Å². The maximum atomic E-state index is 12.6. The van der Waals surface area contributed by atoms with Crippen molar-refractivity contribution in [1.82, 2.24) is 5.32 Å². The third-order valence-electron chi connectivity index (χ3n) is 5.03. The molecule has 0 aliphatic heterocycles. The standard InChI is InChI=1S/C27H27ClN2O6/c1-4-34-27(33)36-22-10-8-20(9-11-22)26(32)30-21-7-5-6-19(14-21)15-29-24(31)16-35-23-12-17(2)25(28)18(3)13-23/h5-14H,4,15-16H2,1-3H3,(H,29,31)(H,30,32). The van der Waals surface area contributed by atoms with Gasteiger partial charge >= 0.3 is 6.16 Å². The molecule has 0 atom stereocenters. The van der Waals surface area contributed by atoms with Crippen LogP contribution in [0.15, 0.2) is 60.7 Å². The number of benzene rings is 3. The smallest absolute Gasteiger partial charge is 0.484 e. The molecule has 3 rings (SSSR count). The molecule has 3 aromatic carbocycles. The van der Waals surface area contributed by atoms with E-state index in [1.807, 2.05) is 19.9 Å². The molecule has 36 heavy (non-hydrogen) atoms. The topological polar surface area (TPSA) is 103 Å². The molecule has 9 heteroatoms. The summed E-state index contributed by atoms with van der Waals surface area (Å²) in [5, 5.41) is 6.29. The third kappa shape index (κ3) is 7.74. The van der Waals surface area contributed by atoms with Crippen LogP contribution >= 0.6 is 11.6 Å². The van der Waals surface area contributed by atoms with Crippen molar-refractivity contribution < 1.29 is 28.6 Å². The van der Waals surface area contributed by atoms with Gasteiger partial charge in [-0.15, -0.1) is 0 Å². The highest BCUT2D eigenvalue weighted by Gasteiger charge is 2.10. The summed E-state index contributed by atoms with van der Waals surface area (Å²) in [4.78, 5) is 36.2.